The van der Waals surface area contributed by atoms with Crippen molar-refractivity contribution in [3.05, 3.63) is 47.6 Å². The number of nitrogens with zero attached hydrogens (tertiary/aromatic N) is 1. The number of ketones is 3. The predicted molar refractivity (Wildman–Crippen MR) is 264 cm³/mol. The van der Waals surface area contributed by atoms with Crippen LogP contribution < -0.4 is 0 Å². The topological polar surface area (TPSA) is 192 Å². The van der Waals surface area contributed by atoms with Gasteiger partial charge in [-0.3, -0.25) is 19.2 Å². The third kappa shape index (κ3) is 15.6. The molecule has 3 fully saturated rings. The molecule has 1 saturated carbocycles. The zero-order valence-electron chi connectivity index (χ0n) is 42.4. The lowest BCUT2D eigenvalue weighted by Crippen LogP contribution is -2.61. The number of amides is 1. The summed E-state index contributed by atoms with van der Waals surface area (Å²) < 4.78 is 41.9. The predicted octanol–water partition coefficient (Wildman–Crippen LogP) is 8.29. The SMILES string of the molecule is CO[C@H]1CC2CC[C@@H](C)[C@@](O)(O2)C(=O)C(=O)N2CCCCC2C(=O)O[C@H]([C@H](C)C[C@@H]2CCC(S[P+](C)=O)[C@H](OC)C2)CC(=O)[C@H](C)/C=C(\C)[C@@H](O)[C@@H](OC)C(=O)[C@H](C)C[C@H](C)/C=C/C=C/C=C/1C. The highest BCUT2D eigenvalue weighted by molar-refractivity contribution is 8.51. The largest absolute Gasteiger partial charge is 0.460 e. The Labute approximate surface area is 410 Å². The number of allylic oxidation sites excluding steroid dienone is 6. The molecule has 0 aromatic heterocycles. The molecule has 68 heavy (non-hydrogen) atoms. The number of fused-ring (bicyclic) bond motifs is 3. The van der Waals surface area contributed by atoms with E-state index in [2.05, 4.69) is 0 Å². The second-order valence-electron chi connectivity index (χ2n) is 20.1. The summed E-state index contributed by atoms with van der Waals surface area (Å²) in [7, 11) is 3.20. The zero-order valence-corrected chi connectivity index (χ0v) is 44.1. The van der Waals surface area contributed by atoms with Crippen LogP contribution in [0, 0.1) is 35.5 Å². The second-order valence-corrected chi connectivity index (χ2v) is 24.0. The van der Waals surface area contributed by atoms with E-state index < -0.39 is 84.8 Å². The van der Waals surface area contributed by atoms with Gasteiger partial charge in [0.2, 0.25) is 5.79 Å². The van der Waals surface area contributed by atoms with Crippen LogP contribution in [0.25, 0.3) is 0 Å². The van der Waals surface area contributed by atoms with Gasteiger partial charge in [0.1, 0.15) is 48.2 Å². The van der Waals surface area contributed by atoms with Gasteiger partial charge >= 0.3 is 13.0 Å². The lowest BCUT2D eigenvalue weighted by atomic mass is 9.79. The molecular formula is C52H81NO13PS+. The molecule has 0 aromatic rings. The van der Waals surface area contributed by atoms with Gasteiger partial charge in [0.05, 0.1) is 23.6 Å². The van der Waals surface area contributed by atoms with Gasteiger partial charge in [-0.05, 0) is 107 Å². The molecule has 4 aliphatic rings. The Morgan fingerprint density at radius 2 is 1.62 bits per heavy atom. The van der Waals surface area contributed by atoms with Gasteiger partial charge in [0.25, 0.3) is 11.7 Å². The maximum Gasteiger partial charge on any atom is 0.407 e. The maximum absolute atomic E-state index is 14.5. The van der Waals surface area contributed by atoms with Crippen LogP contribution in [0.3, 0.4) is 0 Å². The van der Waals surface area contributed by atoms with E-state index in [9.17, 15) is 38.8 Å². The van der Waals surface area contributed by atoms with Crippen molar-refractivity contribution in [3.8, 4) is 0 Å². The van der Waals surface area contributed by atoms with Crippen LogP contribution in [0.1, 0.15) is 126 Å². The number of hydrogen-bond acceptors (Lipinski definition) is 14. The highest BCUT2D eigenvalue weighted by Crippen LogP contribution is 2.46. The van der Waals surface area contributed by atoms with Gasteiger partial charge in [-0.1, -0.05) is 75.6 Å². The van der Waals surface area contributed by atoms with Crippen LogP contribution in [-0.4, -0.2) is 133 Å². The summed E-state index contributed by atoms with van der Waals surface area (Å²) in [6.07, 6.45) is 12.5. The molecule has 0 spiro atoms. The molecule has 3 heterocycles. The molecule has 1 amide bonds. The second kappa shape index (κ2) is 27.1. The number of carbonyl (C=O) groups excluding carboxylic acids is 5. The summed E-state index contributed by atoms with van der Waals surface area (Å²) in [6.45, 7) is 14.5. The number of ether oxygens (including phenoxy) is 5. The van der Waals surface area contributed by atoms with Gasteiger partial charge in [-0.15, -0.1) is 0 Å². The Morgan fingerprint density at radius 1 is 0.897 bits per heavy atom. The summed E-state index contributed by atoms with van der Waals surface area (Å²) >= 11 is 1.44. The normalized spacial score (nSPS) is 39.4. The number of piperidine rings is 1. The molecular weight excluding hydrogens is 910 g/mol. The summed E-state index contributed by atoms with van der Waals surface area (Å²) in [5.74, 6) is -7.90. The first kappa shape index (κ1) is 57.7. The van der Waals surface area contributed by atoms with Crippen molar-refractivity contribution in [1.82, 2.24) is 4.90 Å². The van der Waals surface area contributed by atoms with E-state index in [1.54, 1.807) is 47.7 Å². The number of aliphatic hydroxyl groups is 2. The van der Waals surface area contributed by atoms with Crippen molar-refractivity contribution in [2.24, 2.45) is 35.5 Å². The van der Waals surface area contributed by atoms with Gasteiger partial charge < -0.3 is 38.8 Å². The van der Waals surface area contributed by atoms with Crippen molar-refractivity contribution < 1.29 is 62.4 Å². The van der Waals surface area contributed by atoms with Crippen LogP contribution >= 0.6 is 18.4 Å². The first-order valence-electron chi connectivity index (χ1n) is 24.7. The maximum atomic E-state index is 14.5. The number of rotatable bonds is 8. The van der Waals surface area contributed by atoms with E-state index >= 15 is 0 Å². The zero-order chi connectivity index (χ0) is 50.5. The number of carbonyl (C=O) groups is 5. The van der Waals surface area contributed by atoms with Gasteiger partial charge in [0, 0.05) is 58.5 Å². The Bertz CT molecular complexity index is 1890. The summed E-state index contributed by atoms with van der Waals surface area (Å²) in [6, 6.07) is -1.14. The van der Waals surface area contributed by atoms with Gasteiger partial charge in [-0.25, -0.2) is 4.79 Å². The lowest BCUT2D eigenvalue weighted by molar-refractivity contribution is -0.265. The van der Waals surface area contributed by atoms with Crippen molar-refractivity contribution in [2.75, 3.05) is 34.5 Å². The molecule has 382 valence electrons. The Kier molecular flexibility index (Phi) is 23.0. The number of aliphatic hydroxyl groups excluding tert-OH is 1. The smallest absolute Gasteiger partial charge is 0.407 e. The molecule has 2 bridgehead atoms. The minimum atomic E-state index is -2.43. The number of hydrogen-bond donors (Lipinski definition) is 2. The van der Waals surface area contributed by atoms with Crippen molar-refractivity contribution in [1.29, 1.82) is 0 Å². The monoisotopic (exact) mass is 991 g/mol. The van der Waals surface area contributed by atoms with Crippen molar-refractivity contribution >= 4 is 47.6 Å². The number of methoxy groups -OCH3 is 3. The van der Waals surface area contributed by atoms with Crippen LogP contribution in [-0.2, 0) is 52.2 Å². The number of Topliss-reactive ketones (excluding diaryl/α,β-unsaturated/α-hetero) is 3. The minimum Gasteiger partial charge on any atom is -0.460 e. The van der Waals surface area contributed by atoms with Gasteiger partial charge in [-0.2, -0.15) is 0 Å². The summed E-state index contributed by atoms with van der Waals surface area (Å²) in [4.78, 5) is 72.2. The summed E-state index contributed by atoms with van der Waals surface area (Å²) in [5.41, 5.74) is 1.27. The fourth-order valence-corrected chi connectivity index (χ4v) is 13.3. The molecule has 2 saturated heterocycles. The molecule has 3 aliphatic heterocycles. The molecule has 1 aliphatic carbocycles. The first-order chi connectivity index (χ1) is 32.1. The molecule has 2 N–H and O–H groups in total. The number of cyclic esters (lactones) is 1. The highest BCUT2D eigenvalue weighted by Gasteiger charge is 2.53. The average molecular weight is 991 g/mol. The van der Waals surface area contributed by atoms with E-state index in [1.165, 1.54) is 23.4 Å². The van der Waals surface area contributed by atoms with E-state index in [-0.39, 0.29) is 60.1 Å². The fraction of sp³-hybridized carbons (Fsp3) is 0.750. The molecule has 14 nitrogen and oxygen atoms in total. The first-order valence-corrected chi connectivity index (χ1v) is 27.9. The third-order valence-corrected chi connectivity index (χ3v) is 17.5. The standard InChI is InChI=1S/C52H81NO13PS/c1-31-17-13-12-14-18-32(2)42(62-8)29-39-22-20-37(7)52(60,66-39)49(57)50(58)53-24-16-15-19-40(53)51(59)65-43(34(4)27-38-21-23-45(68-67(11)61)44(28-38)63-9)30-41(54)33(3)26-36(6)47(56)48(64-10)46(55)35(5)25-31/h12-14,17-18,26,31,33-35,37-40,42-45,47-48,56,60H,15-16,19-25,27-30H2,1-11H3/q+1/b14-12+,17-13+,32-18+,36-26+/t31-,33-,34-,35-,37-,38+,39?,40?,42+,43+,44-,45?,47-,48+,52-/m1/s1. The Hall–Kier alpha value is -2.88. The molecule has 4 unspecified atom stereocenters. The van der Waals surface area contributed by atoms with E-state index in [4.69, 9.17) is 23.7 Å². The van der Waals surface area contributed by atoms with Crippen LogP contribution in [0.5, 0.6) is 0 Å². The lowest BCUT2D eigenvalue weighted by Gasteiger charge is -2.42. The highest BCUT2D eigenvalue weighted by atomic mass is 32.7. The van der Waals surface area contributed by atoms with E-state index in [0.717, 1.165) is 18.4 Å². The van der Waals surface area contributed by atoms with E-state index in [0.29, 0.717) is 56.9 Å². The van der Waals surface area contributed by atoms with Crippen LogP contribution in [0.4, 0.5) is 0 Å². The van der Waals surface area contributed by atoms with E-state index in [1.807, 2.05) is 58.1 Å². The quantitative estimate of drug-likeness (QED) is 0.102. The minimum absolute atomic E-state index is 0.0171. The fourth-order valence-electron chi connectivity index (χ4n) is 10.4. The Balaban J connectivity index is 1.70. The molecule has 0 aromatic carbocycles. The number of esters is 1. The van der Waals surface area contributed by atoms with Gasteiger partial charge in [0.15, 0.2) is 5.78 Å². The molecule has 16 atom stereocenters. The Morgan fingerprint density at radius 3 is 2.28 bits per heavy atom. The van der Waals surface area contributed by atoms with Crippen LogP contribution in [0.15, 0.2) is 47.6 Å². The third-order valence-electron chi connectivity index (χ3n) is 14.7. The molecule has 4 rings (SSSR count). The molecule has 16 heteroatoms. The average Bonchev–Trinajstić information content (AvgIpc) is 3.30. The molecule has 0 radical (unpaired) electrons. The van der Waals surface area contributed by atoms with Crippen molar-refractivity contribution in [3.63, 3.8) is 0 Å². The summed E-state index contributed by atoms with van der Waals surface area (Å²) in [5, 5.41) is 23.5. The van der Waals surface area contributed by atoms with Crippen LogP contribution in [0.2, 0.25) is 0 Å². The van der Waals surface area contributed by atoms with Crippen molar-refractivity contribution in [2.45, 2.75) is 179 Å².